The number of halogens is 6. The van der Waals surface area contributed by atoms with E-state index in [-0.39, 0.29) is 17.3 Å². The monoisotopic (exact) mass is 466 g/mol. The molecule has 0 aliphatic carbocycles. The van der Waals surface area contributed by atoms with E-state index in [2.05, 4.69) is 11.3 Å². The molecule has 0 amide bonds. The summed E-state index contributed by atoms with van der Waals surface area (Å²) in [7, 11) is 0. The number of benzene rings is 2. The van der Waals surface area contributed by atoms with E-state index in [9.17, 15) is 35.9 Å². The quantitative estimate of drug-likeness (QED) is 0.237. The molecule has 0 N–H and O–H groups in total. The first-order chi connectivity index (χ1) is 14.2. The summed E-state index contributed by atoms with van der Waals surface area (Å²) >= 11 is 0.207. The number of esters is 2. The van der Waals surface area contributed by atoms with Crippen molar-refractivity contribution in [1.29, 1.82) is 0 Å². The van der Waals surface area contributed by atoms with Crippen molar-refractivity contribution in [3.8, 4) is 5.75 Å². The lowest BCUT2D eigenvalue weighted by Crippen LogP contribution is -2.61. The van der Waals surface area contributed by atoms with Crippen molar-refractivity contribution in [2.75, 3.05) is 12.0 Å². The Morgan fingerprint density at radius 1 is 1.00 bits per heavy atom. The van der Waals surface area contributed by atoms with Gasteiger partial charge in [-0.05, 0) is 36.1 Å². The molecule has 31 heavy (non-hydrogen) atoms. The molecule has 2 rings (SSSR count). The van der Waals surface area contributed by atoms with Crippen LogP contribution in [0.3, 0.4) is 0 Å². The third-order valence-corrected chi connectivity index (χ3v) is 4.84. The third-order valence-electron chi connectivity index (χ3n) is 4.15. The highest BCUT2D eigenvalue weighted by Crippen LogP contribution is 2.48. The van der Waals surface area contributed by atoms with Gasteiger partial charge in [0, 0.05) is 5.57 Å². The van der Waals surface area contributed by atoms with Crippen LogP contribution in [0.5, 0.6) is 5.75 Å². The highest BCUT2D eigenvalue weighted by molar-refractivity contribution is 7.98. The molecule has 11 heteroatoms. The lowest BCUT2D eigenvalue weighted by Gasteiger charge is -2.36. The second-order valence-corrected chi connectivity index (χ2v) is 7.38. The van der Waals surface area contributed by atoms with Gasteiger partial charge in [-0.1, -0.05) is 30.8 Å². The van der Waals surface area contributed by atoms with Crippen molar-refractivity contribution in [3.05, 3.63) is 54.1 Å². The predicted octanol–water partition coefficient (Wildman–Crippen LogP) is 5.70. The van der Waals surface area contributed by atoms with E-state index >= 15 is 0 Å². The summed E-state index contributed by atoms with van der Waals surface area (Å²) in [4.78, 5) is 24.5. The van der Waals surface area contributed by atoms with Gasteiger partial charge in [-0.15, -0.1) is 0 Å². The summed E-state index contributed by atoms with van der Waals surface area (Å²) in [6.07, 6.45) is -10.9. The zero-order chi connectivity index (χ0) is 23.6. The van der Waals surface area contributed by atoms with E-state index in [1.54, 1.807) is 18.2 Å². The maximum atomic E-state index is 13.5. The van der Waals surface area contributed by atoms with Gasteiger partial charge in [0.05, 0.1) is 5.75 Å². The van der Waals surface area contributed by atoms with Gasteiger partial charge in [0.1, 0.15) is 11.3 Å². The molecule has 0 saturated heterocycles. The van der Waals surface area contributed by atoms with Crippen LogP contribution < -0.4 is 4.74 Å². The van der Waals surface area contributed by atoms with Crippen LogP contribution in [-0.4, -0.2) is 41.9 Å². The fourth-order valence-corrected chi connectivity index (χ4v) is 3.33. The number of alkyl halides is 6. The molecule has 0 spiro atoms. The second kappa shape index (κ2) is 8.81. The summed E-state index contributed by atoms with van der Waals surface area (Å²) in [5.74, 6) is -5.13. The Hall–Kier alpha value is -2.69. The van der Waals surface area contributed by atoms with Crippen molar-refractivity contribution in [2.45, 2.75) is 24.9 Å². The molecule has 0 bridgehead atoms. The molecule has 2 aromatic rings. The van der Waals surface area contributed by atoms with Crippen LogP contribution in [0, 0.1) is 0 Å². The van der Waals surface area contributed by atoms with Crippen LogP contribution in [0.25, 0.3) is 10.8 Å². The first-order valence-corrected chi connectivity index (χ1v) is 9.89. The Kier molecular flexibility index (Phi) is 6.99. The molecule has 0 heterocycles. The number of rotatable bonds is 6. The molecule has 0 unspecified atom stereocenters. The molecule has 0 atom stereocenters. The van der Waals surface area contributed by atoms with Gasteiger partial charge >= 0.3 is 29.9 Å². The minimum atomic E-state index is -5.95. The minimum absolute atomic E-state index is 0.102. The summed E-state index contributed by atoms with van der Waals surface area (Å²) < 4.78 is 90.1. The number of hydrogen-bond donors (Lipinski definition) is 0. The van der Waals surface area contributed by atoms with Crippen molar-refractivity contribution >= 4 is 34.5 Å². The van der Waals surface area contributed by atoms with Gasteiger partial charge in [0.15, 0.2) is 0 Å². The third kappa shape index (κ3) is 4.97. The molecule has 0 saturated carbocycles. The molecule has 0 fully saturated rings. The van der Waals surface area contributed by atoms with Crippen LogP contribution in [0.2, 0.25) is 0 Å². The number of ether oxygens (including phenoxy) is 2. The zero-order valence-corrected chi connectivity index (χ0v) is 17.0. The van der Waals surface area contributed by atoms with Crippen molar-refractivity contribution in [3.63, 3.8) is 0 Å². The van der Waals surface area contributed by atoms with E-state index in [4.69, 9.17) is 4.74 Å². The highest BCUT2D eigenvalue weighted by atomic mass is 32.2. The first kappa shape index (κ1) is 24.6. The van der Waals surface area contributed by atoms with Crippen LogP contribution in [-0.2, 0) is 9.53 Å². The average molecular weight is 466 g/mol. The van der Waals surface area contributed by atoms with Gasteiger partial charge in [-0.25, -0.2) is 9.59 Å². The lowest BCUT2D eigenvalue weighted by molar-refractivity contribution is -0.355. The molecule has 4 nitrogen and oxygen atoms in total. The van der Waals surface area contributed by atoms with E-state index in [1.165, 1.54) is 13.0 Å². The molecule has 0 aliphatic heterocycles. The Morgan fingerprint density at radius 2 is 1.52 bits per heavy atom. The van der Waals surface area contributed by atoms with Crippen LogP contribution in [0.1, 0.15) is 17.3 Å². The standard InChI is InChI=1S/C20H16F6O4S/c1-11(2)16(27)29-15-9-13-7-5-4-6-12(13)8-14(15)17(28)30-18(10-31-3,19(21,22)23)20(24,25)26/h4-9H,1,10H2,2-3H3. The minimum Gasteiger partial charge on any atom is -0.435 e. The SMILES string of the molecule is C=C(C)C(=O)Oc1cc2ccccc2cc1C(=O)OC(CSC)(C(F)(F)F)C(F)(F)F. The maximum absolute atomic E-state index is 13.5. The topological polar surface area (TPSA) is 52.6 Å². The Morgan fingerprint density at radius 3 is 1.97 bits per heavy atom. The molecule has 0 radical (unpaired) electrons. The number of hydrogen-bond acceptors (Lipinski definition) is 5. The maximum Gasteiger partial charge on any atom is 0.438 e. The van der Waals surface area contributed by atoms with E-state index in [0.29, 0.717) is 10.8 Å². The van der Waals surface area contributed by atoms with Gasteiger partial charge in [0.25, 0.3) is 0 Å². The summed E-state index contributed by atoms with van der Waals surface area (Å²) in [6.45, 7) is 4.62. The Balaban J connectivity index is 2.64. The molecular formula is C20H16F6O4S. The van der Waals surface area contributed by atoms with E-state index < -0.39 is 47.0 Å². The molecule has 0 aliphatic rings. The number of thioether (sulfide) groups is 1. The largest absolute Gasteiger partial charge is 0.438 e. The highest BCUT2D eigenvalue weighted by Gasteiger charge is 2.74. The zero-order valence-electron chi connectivity index (χ0n) is 16.2. The van der Waals surface area contributed by atoms with Crippen LogP contribution in [0.15, 0.2) is 48.6 Å². The predicted molar refractivity (Wildman–Crippen MR) is 103 cm³/mol. The summed E-state index contributed by atoms with van der Waals surface area (Å²) in [6, 6.07) is 8.30. The molecule has 0 aromatic heterocycles. The summed E-state index contributed by atoms with van der Waals surface area (Å²) in [5.41, 5.74) is -5.63. The Labute approximate surface area is 177 Å². The lowest BCUT2D eigenvalue weighted by atomic mass is 10.0. The van der Waals surface area contributed by atoms with Crippen molar-refractivity contribution in [2.24, 2.45) is 0 Å². The van der Waals surface area contributed by atoms with Crippen molar-refractivity contribution in [1.82, 2.24) is 0 Å². The Bertz CT molecular complexity index is 999. The number of carbonyl (C=O) groups excluding carboxylic acids is 2. The van der Waals surface area contributed by atoms with Gasteiger partial charge in [-0.2, -0.15) is 38.1 Å². The average Bonchev–Trinajstić information content (AvgIpc) is 2.64. The van der Waals surface area contributed by atoms with Gasteiger partial charge in [-0.3, -0.25) is 0 Å². The fourth-order valence-electron chi connectivity index (χ4n) is 2.54. The van der Waals surface area contributed by atoms with E-state index in [0.717, 1.165) is 18.4 Å². The normalized spacial score (nSPS) is 12.5. The first-order valence-electron chi connectivity index (χ1n) is 8.49. The number of carbonyl (C=O) groups is 2. The summed E-state index contributed by atoms with van der Waals surface area (Å²) in [5, 5.41) is 0.727. The van der Waals surface area contributed by atoms with Crippen LogP contribution in [0.4, 0.5) is 26.3 Å². The molecule has 168 valence electrons. The fraction of sp³-hybridized carbons (Fsp3) is 0.300. The van der Waals surface area contributed by atoms with E-state index in [1.807, 2.05) is 0 Å². The van der Waals surface area contributed by atoms with Gasteiger partial charge < -0.3 is 9.47 Å². The molecular weight excluding hydrogens is 450 g/mol. The smallest absolute Gasteiger partial charge is 0.435 e. The van der Waals surface area contributed by atoms with Crippen LogP contribution >= 0.6 is 11.8 Å². The molecule has 2 aromatic carbocycles. The number of fused-ring (bicyclic) bond motifs is 1. The van der Waals surface area contributed by atoms with Crippen molar-refractivity contribution < 1.29 is 45.4 Å². The second-order valence-electron chi connectivity index (χ2n) is 6.51. The van der Waals surface area contributed by atoms with Gasteiger partial charge in [0.2, 0.25) is 0 Å².